The number of fused-ring (bicyclic) bond motifs is 2. The number of carbonyl (C=O) groups excluding carboxylic acids is 2. The number of anilines is 1. The fourth-order valence-corrected chi connectivity index (χ4v) is 3.10. The molecule has 0 aliphatic carbocycles. The van der Waals surface area contributed by atoms with E-state index in [1.807, 2.05) is 18.2 Å². The van der Waals surface area contributed by atoms with E-state index < -0.39 is 0 Å². The Labute approximate surface area is 148 Å². The first kappa shape index (κ1) is 16.0. The molecule has 1 aliphatic heterocycles. The molecular formula is C19H16N4O3. The molecule has 0 spiro atoms. The molecule has 0 bridgehead atoms. The van der Waals surface area contributed by atoms with Gasteiger partial charge in [0.25, 0.3) is 11.5 Å². The van der Waals surface area contributed by atoms with E-state index in [0.717, 1.165) is 5.56 Å². The summed E-state index contributed by atoms with van der Waals surface area (Å²) in [6.07, 6.45) is 1.52. The number of benzene rings is 2. The molecule has 7 nitrogen and oxygen atoms in total. The first-order valence-corrected chi connectivity index (χ1v) is 8.26. The van der Waals surface area contributed by atoms with E-state index in [0.29, 0.717) is 35.2 Å². The van der Waals surface area contributed by atoms with Gasteiger partial charge in [0.2, 0.25) is 5.91 Å². The van der Waals surface area contributed by atoms with Crippen molar-refractivity contribution in [3.05, 3.63) is 70.3 Å². The van der Waals surface area contributed by atoms with Gasteiger partial charge in [-0.3, -0.25) is 14.4 Å². The summed E-state index contributed by atoms with van der Waals surface area (Å²) in [4.78, 5) is 44.6. The zero-order valence-corrected chi connectivity index (χ0v) is 13.9. The summed E-state index contributed by atoms with van der Waals surface area (Å²) in [6.45, 7) is 0.869. The quantitative estimate of drug-likeness (QED) is 0.753. The van der Waals surface area contributed by atoms with Gasteiger partial charge >= 0.3 is 0 Å². The molecule has 0 unspecified atom stereocenters. The van der Waals surface area contributed by atoms with Gasteiger partial charge in [-0.05, 0) is 29.8 Å². The van der Waals surface area contributed by atoms with Crippen LogP contribution in [0.5, 0.6) is 0 Å². The molecule has 0 saturated heterocycles. The zero-order valence-electron chi connectivity index (χ0n) is 13.9. The van der Waals surface area contributed by atoms with Crippen molar-refractivity contribution in [3.8, 4) is 0 Å². The predicted octanol–water partition coefficient (Wildman–Crippen LogP) is 1.91. The molecule has 4 rings (SSSR count). The molecule has 0 atom stereocenters. The topological polar surface area (TPSA) is 95.2 Å². The van der Waals surface area contributed by atoms with Crippen molar-refractivity contribution >= 4 is 28.4 Å². The SMILES string of the molecule is O=C(CCN1Cc2ccccc2C1=O)Nc1ccc2nc[nH]c(=O)c2c1. The number of H-pyrrole nitrogens is 1. The molecule has 0 saturated carbocycles. The van der Waals surface area contributed by atoms with Crippen LogP contribution in [0.15, 0.2) is 53.6 Å². The number of hydrogen-bond donors (Lipinski definition) is 2. The van der Waals surface area contributed by atoms with E-state index in [2.05, 4.69) is 15.3 Å². The Kier molecular flexibility index (Phi) is 3.96. The van der Waals surface area contributed by atoms with Crippen LogP contribution in [-0.2, 0) is 11.3 Å². The van der Waals surface area contributed by atoms with Gasteiger partial charge in [0.15, 0.2) is 0 Å². The average Bonchev–Trinajstić information content (AvgIpc) is 2.97. The smallest absolute Gasteiger partial charge is 0.258 e. The number of nitrogens with zero attached hydrogens (tertiary/aromatic N) is 2. The van der Waals surface area contributed by atoms with E-state index in [-0.39, 0.29) is 23.8 Å². The number of carbonyl (C=O) groups is 2. The molecule has 3 aromatic rings. The van der Waals surface area contributed by atoms with Crippen molar-refractivity contribution in [1.29, 1.82) is 0 Å². The molecule has 1 aromatic heterocycles. The largest absolute Gasteiger partial charge is 0.334 e. The lowest BCUT2D eigenvalue weighted by Crippen LogP contribution is -2.28. The van der Waals surface area contributed by atoms with Crippen LogP contribution in [0.4, 0.5) is 5.69 Å². The van der Waals surface area contributed by atoms with Crippen molar-refractivity contribution in [2.45, 2.75) is 13.0 Å². The Bertz CT molecular complexity index is 1070. The second kappa shape index (κ2) is 6.44. The van der Waals surface area contributed by atoms with E-state index in [1.54, 1.807) is 29.2 Å². The van der Waals surface area contributed by atoms with Gasteiger partial charge in [-0.25, -0.2) is 4.98 Å². The number of aromatic amines is 1. The molecule has 0 radical (unpaired) electrons. The normalized spacial score (nSPS) is 13.1. The molecule has 2 heterocycles. The Morgan fingerprint density at radius 2 is 2.04 bits per heavy atom. The third-order valence-corrected chi connectivity index (χ3v) is 4.43. The van der Waals surface area contributed by atoms with Crippen LogP contribution >= 0.6 is 0 Å². The van der Waals surface area contributed by atoms with Gasteiger partial charge in [-0.15, -0.1) is 0 Å². The molecule has 0 fully saturated rings. The van der Waals surface area contributed by atoms with Crippen LogP contribution in [0.3, 0.4) is 0 Å². The van der Waals surface area contributed by atoms with Crippen LogP contribution in [-0.4, -0.2) is 33.2 Å². The Balaban J connectivity index is 1.40. The minimum atomic E-state index is -0.258. The van der Waals surface area contributed by atoms with Crippen molar-refractivity contribution in [1.82, 2.24) is 14.9 Å². The maximum atomic E-state index is 12.3. The molecule has 130 valence electrons. The Hall–Kier alpha value is -3.48. The van der Waals surface area contributed by atoms with Crippen LogP contribution in [0.1, 0.15) is 22.3 Å². The van der Waals surface area contributed by atoms with Crippen molar-refractivity contribution in [3.63, 3.8) is 0 Å². The summed E-state index contributed by atoms with van der Waals surface area (Å²) in [5, 5.41) is 3.18. The summed E-state index contributed by atoms with van der Waals surface area (Å²) >= 11 is 0. The van der Waals surface area contributed by atoms with Crippen molar-refractivity contribution < 1.29 is 9.59 Å². The van der Waals surface area contributed by atoms with E-state index in [4.69, 9.17) is 0 Å². The first-order valence-electron chi connectivity index (χ1n) is 8.26. The second-order valence-corrected chi connectivity index (χ2v) is 6.15. The lowest BCUT2D eigenvalue weighted by molar-refractivity contribution is -0.116. The monoisotopic (exact) mass is 348 g/mol. The summed E-state index contributed by atoms with van der Waals surface area (Å²) in [7, 11) is 0. The lowest BCUT2D eigenvalue weighted by Gasteiger charge is -2.15. The molecule has 2 N–H and O–H groups in total. The van der Waals surface area contributed by atoms with Crippen LogP contribution < -0.4 is 10.9 Å². The zero-order chi connectivity index (χ0) is 18.1. The van der Waals surface area contributed by atoms with E-state index in [9.17, 15) is 14.4 Å². The molecule has 26 heavy (non-hydrogen) atoms. The molecule has 7 heteroatoms. The van der Waals surface area contributed by atoms with Gasteiger partial charge in [0.1, 0.15) is 0 Å². The molecular weight excluding hydrogens is 332 g/mol. The maximum absolute atomic E-state index is 12.3. The standard InChI is InChI=1S/C19H16N4O3/c24-17(7-8-23-10-12-3-1-2-4-14(12)19(23)26)22-13-5-6-16-15(9-13)18(25)21-11-20-16/h1-6,9,11H,7-8,10H2,(H,22,24)(H,20,21,25). The van der Waals surface area contributed by atoms with Crippen molar-refractivity contribution in [2.75, 3.05) is 11.9 Å². The van der Waals surface area contributed by atoms with E-state index >= 15 is 0 Å². The van der Waals surface area contributed by atoms with Crippen LogP contribution in [0.25, 0.3) is 10.9 Å². The summed E-state index contributed by atoms with van der Waals surface area (Å²) in [5.41, 5.74) is 2.52. The molecule has 2 amide bonds. The summed E-state index contributed by atoms with van der Waals surface area (Å²) in [5.74, 6) is -0.259. The lowest BCUT2D eigenvalue weighted by atomic mass is 10.1. The van der Waals surface area contributed by atoms with Gasteiger partial charge < -0.3 is 15.2 Å². The van der Waals surface area contributed by atoms with Gasteiger partial charge in [0.05, 0.1) is 17.2 Å². The average molecular weight is 348 g/mol. The number of amides is 2. The number of nitrogens with one attached hydrogen (secondary N) is 2. The molecule has 2 aromatic carbocycles. The van der Waals surface area contributed by atoms with Gasteiger partial charge in [-0.1, -0.05) is 18.2 Å². The summed E-state index contributed by atoms with van der Waals surface area (Å²) < 4.78 is 0. The van der Waals surface area contributed by atoms with Crippen molar-refractivity contribution in [2.24, 2.45) is 0 Å². The molecule has 1 aliphatic rings. The van der Waals surface area contributed by atoms with Gasteiger partial charge in [0, 0.05) is 30.8 Å². The Morgan fingerprint density at radius 1 is 1.19 bits per heavy atom. The van der Waals surface area contributed by atoms with Gasteiger partial charge in [-0.2, -0.15) is 0 Å². The Morgan fingerprint density at radius 3 is 2.88 bits per heavy atom. The number of rotatable bonds is 4. The first-order chi connectivity index (χ1) is 12.6. The highest BCUT2D eigenvalue weighted by molar-refractivity contribution is 5.99. The number of aromatic nitrogens is 2. The van der Waals surface area contributed by atoms with Crippen LogP contribution in [0, 0.1) is 0 Å². The fourth-order valence-electron chi connectivity index (χ4n) is 3.10. The third-order valence-electron chi connectivity index (χ3n) is 4.43. The minimum absolute atomic E-state index is 0.0447. The fraction of sp³-hybridized carbons (Fsp3) is 0.158. The maximum Gasteiger partial charge on any atom is 0.258 e. The van der Waals surface area contributed by atoms with E-state index in [1.165, 1.54) is 6.33 Å². The predicted molar refractivity (Wildman–Crippen MR) is 96.8 cm³/mol. The highest BCUT2D eigenvalue weighted by Crippen LogP contribution is 2.22. The second-order valence-electron chi connectivity index (χ2n) is 6.15. The minimum Gasteiger partial charge on any atom is -0.334 e. The third kappa shape index (κ3) is 2.95. The highest BCUT2D eigenvalue weighted by Gasteiger charge is 2.26. The highest BCUT2D eigenvalue weighted by atomic mass is 16.2. The van der Waals surface area contributed by atoms with Crippen LogP contribution in [0.2, 0.25) is 0 Å². The summed E-state index contributed by atoms with van der Waals surface area (Å²) in [6, 6.07) is 12.4. The number of hydrogen-bond acceptors (Lipinski definition) is 4.